The number of aromatic nitrogens is 3. The van der Waals surface area contributed by atoms with E-state index in [-0.39, 0.29) is 11.9 Å². The minimum absolute atomic E-state index is 0.0351. The molecule has 0 aliphatic rings. The first-order valence-corrected chi connectivity index (χ1v) is 7.77. The van der Waals surface area contributed by atoms with E-state index in [0.717, 1.165) is 10.8 Å². The molecule has 2 aromatic heterocycles. The Morgan fingerprint density at radius 1 is 1.14 bits per heavy atom. The summed E-state index contributed by atoms with van der Waals surface area (Å²) in [6.07, 6.45) is 1.77. The second-order valence-electron chi connectivity index (χ2n) is 4.58. The fourth-order valence-electron chi connectivity index (χ4n) is 1.80. The lowest BCUT2D eigenvalue weighted by Crippen LogP contribution is -1.98. The van der Waals surface area contributed by atoms with Gasteiger partial charge in [0.25, 0.3) is 0 Å². The monoisotopic (exact) mass is 313 g/mol. The van der Waals surface area contributed by atoms with E-state index in [1.807, 2.05) is 55.5 Å². The lowest BCUT2D eigenvalue weighted by molar-refractivity contribution is 0.285. The van der Waals surface area contributed by atoms with E-state index in [0.29, 0.717) is 11.7 Å². The number of nitrogens with zero attached hydrogens (tertiary/aromatic N) is 3. The van der Waals surface area contributed by atoms with Crippen molar-refractivity contribution in [1.82, 2.24) is 15.1 Å². The second kappa shape index (κ2) is 7.09. The summed E-state index contributed by atoms with van der Waals surface area (Å²) in [5.74, 6) is 1.89. The van der Waals surface area contributed by atoms with Gasteiger partial charge in [0.2, 0.25) is 11.7 Å². The molecule has 0 aliphatic carbocycles. The zero-order chi connectivity index (χ0) is 15.2. The molecule has 0 radical (unpaired) electrons. The maximum absolute atomic E-state index is 5.60. The van der Waals surface area contributed by atoms with Crippen LogP contribution in [0.4, 0.5) is 0 Å². The van der Waals surface area contributed by atoms with Gasteiger partial charge in [0.15, 0.2) is 6.61 Å². The van der Waals surface area contributed by atoms with Gasteiger partial charge in [0.1, 0.15) is 5.75 Å². The van der Waals surface area contributed by atoms with Crippen LogP contribution in [0.3, 0.4) is 0 Å². The predicted molar refractivity (Wildman–Crippen MR) is 83.6 cm³/mol. The van der Waals surface area contributed by atoms with Crippen molar-refractivity contribution in [3.8, 4) is 5.75 Å². The molecular formula is C16H15N3O2S. The van der Waals surface area contributed by atoms with Gasteiger partial charge in [-0.15, -0.1) is 0 Å². The Morgan fingerprint density at radius 2 is 1.95 bits per heavy atom. The fourth-order valence-corrected chi connectivity index (χ4v) is 2.64. The summed E-state index contributed by atoms with van der Waals surface area (Å²) in [5.41, 5.74) is 0. The van der Waals surface area contributed by atoms with Crippen molar-refractivity contribution in [3.63, 3.8) is 0 Å². The molecule has 22 heavy (non-hydrogen) atoms. The summed E-state index contributed by atoms with van der Waals surface area (Å²) < 4.78 is 10.9. The summed E-state index contributed by atoms with van der Waals surface area (Å²) in [6, 6.07) is 15.4. The molecule has 3 aromatic rings. The minimum atomic E-state index is 0.0351. The molecular weight excluding hydrogens is 298 g/mol. The van der Waals surface area contributed by atoms with Crippen LogP contribution < -0.4 is 4.74 Å². The first-order valence-electron chi connectivity index (χ1n) is 6.89. The molecule has 0 amide bonds. The Labute approximate surface area is 132 Å². The number of hydrogen-bond acceptors (Lipinski definition) is 6. The molecule has 0 N–H and O–H groups in total. The van der Waals surface area contributed by atoms with Crippen molar-refractivity contribution in [3.05, 3.63) is 66.4 Å². The average Bonchev–Trinajstić information content (AvgIpc) is 3.04. The Bertz CT molecular complexity index is 704. The fraction of sp³-hybridized carbons (Fsp3) is 0.188. The van der Waals surface area contributed by atoms with E-state index >= 15 is 0 Å². The van der Waals surface area contributed by atoms with Gasteiger partial charge >= 0.3 is 0 Å². The van der Waals surface area contributed by atoms with Gasteiger partial charge in [-0.2, -0.15) is 4.98 Å². The van der Waals surface area contributed by atoms with Gasteiger partial charge in [-0.3, -0.25) is 0 Å². The highest BCUT2D eigenvalue weighted by molar-refractivity contribution is 7.99. The third kappa shape index (κ3) is 3.85. The number of pyridine rings is 1. The molecule has 0 aliphatic heterocycles. The number of ether oxygens (including phenoxy) is 1. The summed E-state index contributed by atoms with van der Waals surface area (Å²) >= 11 is 1.58. The van der Waals surface area contributed by atoms with E-state index in [1.54, 1.807) is 18.0 Å². The molecule has 2 heterocycles. The Hall–Kier alpha value is -2.34. The van der Waals surface area contributed by atoms with Crippen molar-refractivity contribution in [1.29, 1.82) is 0 Å². The van der Waals surface area contributed by atoms with Crippen LogP contribution in [-0.4, -0.2) is 15.1 Å². The predicted octanol–water partition coefficient (Wildman–Crippen LogP) is 3.90. The molecule has 6 heteroatoms. The van der Waals surface area contributed by atoms with Gasteiger partial charge in [0.05, 0.1) is 10.3 Å². The van der Waals surface area contributed by atoms with Crippen LogP contribution in [-0.2, 0) is 6.61 Å². The highest BCUT2D eigenvalue weighted by Gasteiger charge is 2.16. The van der Waals surface area contributed by atoms with Gasteiger partial charge in [-0.1, -0.05) is 41.2 Å². The molecule has 5 nitrogen and oxygen atoms in total. The van der Waals surface area contributed by atoms with Gasteiger partial charge in [-0.05, 0) is 31.2 Å². The van der Waals surface area contributed by atoms with Gasteiger partial charge in [-0.25, -0.2) is 4.98 Å². The largest absolute Gasteiger partial charge is 0.485 e. The van der Waals surface area contributed by atoms with Crippen LogP contribution in [0.2, 0.25) is 0 Å². The van der Waals surface area contributed by atoms with E-state index < -0.39 is 0 Å². The van der Waals surface area contributed by atoms with Crippen molar-refractivity contribution >= 4 is 11.8 Å². The zero-order valence-electron chi connectivity index (χ0n) is 12.0. The van der Waals surface area contributed by atoms with Crippen molar-refractivity contribution in [2.45, 2.75) is 23.8 Å². The number of thioether (sulfide) groups is 1. The Balaban J connectivity index is 1.58. The highest BCUT2D eigenvalue weighted by Crippen LogP contribution is 2.32. The number of rotatable bonds is 6. The lowest BCUT2D eigenvalue weighted by atomic mass is 10.3. The Kier molecular flexibility index (Phi) is 4.70. The maximum atomic E-state index is 5.60. The Morgan fingerprint density at radius 3 is 2.73 bits per heavy atom. The van der Waals surface area contributed by atoms with Crippen molar-refractivity contribution in [2.75, 3.05) is 0 Å². The van der Waals surface area contributed by atoms with Crippen molar-refractivity contribution < 1.29 is 9.26 Å². The molecule has 3 rings (SSSR count). The van der Waals surface area contributed by atoms with E-state index in [9.17, 15) is 0 Å². The third-order valence-electron chi connectivity index (χ3n) is 2.88. The number of para-hydroxylation sites is 1. The van der Waals surface area contributed by atoms with E-state index in [1.165, 1.54) is 0 Å². The highest BCUT2D eigenvalue weighted by atomic mass is 32.2. The summed E-state index contributed by atoms with van der Waals surface area (Å²) in [5, 5.41) is 4.91. The lowest BCUT2D eigenvalue weighted by Gasteiger charge is -2.04. The average molecular weight is 313 g/mol. The van der Waals surface area contributed by atoms with Gasteiger partial charge in [0, 0.05) is 6.20 Å². The molecule has 0 spiro atoms. The second-order valence-corrected chi connectivity index (χ2v) is 5.94. The third-order valence-corrected chi connectivity index (χ3v) is 3.92. The molecule has 0 saturated heterocycles. The molecule has 1 atom stereocenters. The van der Waals surface area contributed by atoms with Crippen LogP contribution in [0.25, 0.3) is 0 Å². The van der Waals surface area contributed by atoms with Crippen LogP contribution in [0.1, 0.15) is 23.9 Å². The minimum Gasteiger partial charge on any atom is -0.485 e. The topological polar surface area (TPSA) is 61.0 Å². The van der Waals surface area contributed by atoms with Gasteiger partial charge < -0.3 is 9.26 Å². The van der Waals surface area contributed by atoms with Crippen molar-refractivity contribution in [2.24, 2.45) is 0 Å². The molecule has 112 valence electrons. The first kappa shape index (κ1) is 14.6. The summed E-state index contributed by atoms with van der Waals surface area (Å²) in [4.78, 5) is 8.65. The summed E-state index contributed by atoms with van der Waals surface area (Å²) in [7, 11) is 0. The van der Waals surface area contributed by atoms with E-state index in [2.05, 4.69) is 15.1 Å². The molecule has 1 aromatic carbocycles. The van der Waals surface area contributed by atoms with Crippen LogP contribution in [0.15, 0.2) is 64.3 Å². The normalized spacial score (nSPS) is 12.0. The zero-order valence-corrected chi connectivity index (χ0v) is 12.9. The van der Waals surface area contributed by atoms with E-state index in [4.69, 9.17) is 9.26 Å². The van der Waals surface area contributed by atoms with Crippen LogP contribution >= 0.6 is 11.8 Å². The standard InChI is InChI=1S/C16H15N3O2S/c1-12(22-15-9-5-6-10-17-15)16-18-14(19-21-16)11-20-13-7-3-2-4-8-13/h2-10,12H,11H2,1H3. The number of benzene rings is 1. The number of hydrogen-bond donors (Lipinski definition) is 0. The quantitative estimate of drug-likeness (QED) is 0.643. The molecule has 1 unspecified atom stereocenters. The molecule has 0 fully saturated rings. The van der Waals surface area contributed by atoms with Crippen LogP contribution in [0.5, 0.6) is 5.75 Å². The smallest absolute Gasteiger partial charge is 0.240 e. The van der Waals surface area contributed by atoms with Crippen LogP contribution in [0, 0.1) is 0 Å². The summed E-state index contributed by atoms with van der Waals surface area (Å²) in [6.45, 7) is 2.29. The first-order chi connectivity index (χ1) is 10.8. The maximum Gasteiger partial charge on any atom is 0.240 e. The molecule has 0 bridgehead atoms. The SMILES string of the molecule is CC(Sc1ccccn1)c1nc(COc2ccccc2)no1. The molecule has 0 saturated carbocycles.